The monoisotopic (exact) mass is 221 g/mol. The van der Waals surface area contributed by atoms with Crippen LogP contribution in [-0.4, -0.2) is 14.6 Å². The number of aromatic nitrogens is 3. The minimum Gasteiger partial charge on any atom is -0.285 e. The van der Waals surface area contributed by atoms with E-state index in [0.717, 1.165) is 16.5 Å². The predicted molar refractivity (Wildman–Crippen MR) is 59.2 cm³/mol. The number of fused-ring (bicyclic) bond motifs is 1. The molecule has 78 valence electrons. The average molecular weight is 222 g/mol. The summed E-state index contributed by atoms with van der Waals surface area (Å²) in [6.45, 7) is 0. The van der Waals surface area contributed by atoms with E-state index in [1.807, 2.05) is 22.7 Å². The lowest BCUT2D eigenvalue weighted by Gasteiger charge is -2.06. The summed E-state index contributed by atoms with van der Waals surface area (Å²) in [6.07, 6.45) is 6.98. The first-order valence-electron chi connectivity index (χ1n) is 5.35. The van der Waals surface area contributed by atoms with Crippen molar-refractivity contribution in [3.63, 3.8) is 0 Å². The van der Waals surface area contributed by atoms with Crippen molar-refractivity contribution in [3.8, 4) is 0 Å². The third-order valence-corrected chi connectivity index (χ3v) is 3.34. The molecule has 0 bridgehead atoms. The maximum atomic E-state index is 5.98. The van der Waals surface area contributed by atoms with Gasteiger partial charge in [-0.2, -0.15) is 0 Å². The number of halogens is 1. The van der Waals surface area contributed by atoms with Crippen LogP contribution in [0, 0.1) is 0 Å². The average Bonchev–Trinajstić information content (AvgIpc) is 2.83. The molecule has 1 aliphatic rings. The van der Waals surface area contributed by atoms with Crippen LogP contribution in [0.4, 0.5) is 0 Å². The second-order valence-corrected chi connectivity index (χ2v) is 4.55. The van der Waals surface area contributed by atoms with Gasteiger partial charge >= 0.3 is 0 Å². The fourth-order valence-electron chi connectivity index (χ4n) is 2.34. The van der Waals surface area contributed by atoms with Gasteiger partial charge in [0.1, 0.15) is 5.82 Å². The molecule has 0 atom stereocenters. The fraction of sp³-hybridized carbons (Fsp3) is 0.455. The van der Waals surface area contributed by atoms with Gasteiger partial charge in [0, 0.05) is 12.1 Å². The van der Waals surface area contributed by atoms with Gasteiger partial charge in [0.25, 0.3) is 0 Å². The molecule has 0 amide bonds. The van der Waals surface area contributed by atoms with Crippen molar-refractivity contribution in [1.82, 2.24) is 14.6 Å². The maximum Gasteiger partial charge on any atom is 0.160 e. The lowest BCUT2D eigenvalue weighted by molar-refractivity contribution is 0.659. The Bertz CT molecular complexity index is 486. The zero-order valence-corrected chi connectivity index (χ0v) is 9.11. The molecular formula is C11H12ClN3. The minimum atomic E-state index is 0.568. The van der Waals surface area contributed by atoms with Crippen LogP contribution in [0.5, 0.6) is 0 Å². The molecule has 1 aliphatic carbocycles. The van der Waals surface area contributed by atoms with Gasteiger partial charge in [0.05, 0.1) is 5.02 Å². The topological polar surface area (TPSA) is 30.2 Å². The molecule has 2 aromatic rings. The molecule has 0 saturated heterocycles. The van der Waals surface area contributed by atoms with Gasteiger partial charge in [-0.25, -0.2) is 0 Å². The molecular weight excluding hydrogens is 210 g/mol. The van der Waals surface area contributed by atoms with Gasteiger partial charge in [0.2, 0.25) is 0 Å². The van der Waals surface area contributed by atoms with Crippen LogP contribution in [0.1, 0.15) is 37.4 Å². The summed E-state index contributed by atoms with van der Waals surface area (Å²) < 4.78 is 2.03. The molecule has 2 aromatic heterocycles. The number of hydrogen-bond donors (Lipinski definition) is 0. The zero-order chi connectivity index (χ0) is 10.3. The maximum absolute atomic E-state index is 5.98. The molecule has 3 rings (SSSR count). The quantitative estimate of drug-likeness (QED) is 0.741. The smallest absolute Gasteiger partial charge is 0.160 e. The van der Waals surface area contributed by atoms with Gasteiger partial charge in [-0.05, 0) is 25.0 Å². The molecule has 0 aromatic carbocycles. The van der Waals surface area contributed by atoms with Crippen molar-refractivity contribution >= 4 is 17.2 Å². The van der Waals surface area contributed by atoms with E-state index in [1.54, 1.807) is 0 Å². The first-order valence-corrected chi connectivity index (χ1v) is 5.72. The summed E-state index contributed by atoms with van der Waals surface area (Å²) in [4.78, 5) is 0. The van der Waals surface area contributed by atoms with Gasteiger partial charge in [-0.1, -0.05) is 24.4 Å². The number of hydrogen-bond acceptors (Lipinski definition) is 2. The Morgan fingerprint density at radius 2 is 2.00 bits per heavy atom. The second-order valence-electron chi connectivity index (χ2n) is 4.12. The van der Waals surface area contributed by atoms with Crippen LogP contribution in [0.25, 0.3) is 5.65 Å². The zero-order valence-electron chi connectivity index (χ0n) is 8.36. The first kappa shape index (κ1) is 9.16. The van der Waals surface area contributed by atoms with E-state index in [0.29, 0.717) is 5.92 Å². The van der Waals surface area contributed by atoms with Gasteiger partial charge in [0.15, 0.2) is 5.65 Å². The summed E-state index contributed by atoms with van der Waals surface area (Å²) in [6, 6.07) is 3.76. The van der Waals surface area contributed by atoms with E-state index in [4.69, 9.17) is 11.6 Å². The summed E-state index contributed by atoms with van der Waals surface area (Å²) in [5, 5.41) is 9.17. The third-order valence-electron chi connectivity index (χ3n) is 3.11. The Kier molecular flexibility index (Phi) is 2.13. The van der Waals surface area contributed by atoms with Crippen LogP contribution in [0.15, 0.2) is 18.3 Å². The Labute approximate surface area is 93.1 Å². The highest BCUT2D eigenvalue weighted by Gasteiger charge is 2.21. The molecule has 15 heavy (non-hydrogen) atoms. The van der Waals surface area contributed by atoms with Crippen LogP contribution in [0.3, 0.4) is 0 Å². The highest BCUT2D eigenvalue weighted by Crippen LogP contribution is 2.33. The largest absolute Gasteiger partial charge is 0.285 e. The van der Waals surface area contributed by atoms with Gasteiger partial charge in [-0.15, -0.1) is 10.2 Å². The SMILES string of the molecule is Clc1ccc2nnc(C3CCCC3)n2c1. The van der Waals surface area contributed by atoms with Crippen molar-refractivity contribution in [2.24, 2.45) is 0 Å². The van der Waals surface area contributed by atoms with E-state index >= 15 is 0 Å². The summed E-state index contributed by atoms with van der Waals surface area (Å²) in [7, 11) is 0. The fourth-order valence-corrected chi connectivity index (χ4v) is 2.51. The Hall–Kier alpha value is -1.09. The molecule has 0 unspecified atom stereocenters. The van der Waals surface area contributed by atoms with Crippen LogP contribution in [-0.2, 0) is 0 Å². The number of rotatable bonds is 1. The van der Waals surface area contributed by atoms with Crippen molar-refractivity contribution in [1.29, 1.82) is 0 Å². The van der Waals surface area contributed by atoms with E-state index < -0.39 is 0 Å². The normalized spacial score (nSPS) is 17.7. The molecule has 1 fully saturated rings. The molecule has 0 spiro atoms. The molecule has 0 aliphatic heterocycles. The molecule has 4 heteroatoms. The molecule has 0 radical (unpaired) electrons. The van der Waals surface area contributed by atoms with E-state index in [2.05, 4.69) is 10.2 Å². The summed E-state index contributed by atoms with van der Waals surface area (Å²) >= 11 is 5.98. The highest BCUT2D eigenvalue weighted by atomic mass is 35.5. The number of pyridine rings is 1. The molecule has 3 nitrogen and oxygen atoms in total. The lowest BCUT2D eigenvalue weighted by atomic mass is 10.1. The first-order chi connectivity index (χ1) is 7.34. The highest BCUT2D eigenvalue weighted by molar-refractivity contribution is 6.30. The minimum absolute atomic E-state index is 0.568. The van der Waals surface area contributed by atoms with Crippen LogP contribution in [0.2, 0.25) is 5.02 Å². The second kappa shape index (κ2) is 3.49. The van der Waals surface area contributed by atoms with Crippen LogP contribution >= 0.6 is 11.6 Å². The van der Waals surface area contributed by atoms with Crippen molar-refractivity contribution in [2.45, 2.75) is 31.6 Å². The van der Waals surface area contributed by atoms with Crippen LogP contribution < -0.4 is 0 Å². The standard InChI is InChI=1S/C11H12ClN3/c12-9-5-6-10-13-14-11(15(10)7-9)8-3-1-2-4-8/h5-8H,1-4H2. The molecule has 2 heterocycles. The van der Waals surface area contributed by atoms with E-state index in [1.165, 1.54) is 25.7 Å². The molecule has 1 saturated carbocycles. The van der Waals surface area contributed by atoms with Gasteiger partial charge < -0.3 is 0 Å². The van der Waals surface area contributed by atoms with Crippen molar-refractivity contribution in [2.75, 3.05) is 0 Å². The summed E-state index contributed by atoms with van der Waals surface area (Å²) in [5.74, 6) is 1.64. The Morgan fingerprint density at radius 3 is 2.80 bits per heavy atom. The lowest BCUT2D eigenvalue weighted by Crippen LogP contribution is -1.99. The summed E-state index contributed by atoms with van der Waals surface area (Å²) in [5.41, 5.74) is 0.890. The van der Waals surface area contributed by atoms with Crippen molar-refractivity contribution < 1.29 is 0 Å². The third kappa shape index (κ3) is 1.51. The molecule has 0 N–H and O–H groups in total. The van der Waals surface area contributed by atoms with E-state index in [-0.39, 0.29) is 0 Å². The Morgan fingerprint density at radius 1 is 1.20 bits per heavy atom. The van der Waals surface area contributed by atoms with Gasteiger partial charge in [-0.3, -0.25) is 4.40 Å². The predicted octanol–water partition coefficient (Wildman–Crippen LogP) is 3.04. The van der Waals surface area contributed by atoms with E-state index in [9.17, 15) is 0 Å². The Balaban J connectivity index is 2.13. The van der Waals surface area contributed by atoms with Crippen molar-refractivity contribution in [3.05, 3.63) is 29.2 Å². The number of nitrogens with zero attached hydrogens (tertiary/aromatic N) is 3.